The molecule has 20 heavy (non-hydrogen) atoms. The first-order chi connectivity index (χ1) is 9.08. The molecule has 0 saturated carbocycles. The number of carbonyl (C=O) groups is 1. The lowest BCUT2D eigenvalue weighted by Gasteiger charge is -2.22. The predicted molar refractivity (Wildman–Crippen MR) is 71.5 cm³/mol. The number of nitrogens with one attached hydrogen (secondary N) is 2. The third-order valence-corrected chi connectivity index (χ3v) is 1.90. The summed E-state index contributed by atoms with van der Waals surface area (Å²) < 4.78 is 32.1. The fourth-order valence-corrected chi connectivity index (χ4v) is 1.00. The van der Waals surface area contributed by atoms with Gasteiger partial charge in [0.25, 0.3) is 5.92 Å². The van der Waals surface area contributed by atoms with E-state index < -0.39 is 29.7 Å². The fourth-order valence-electron chi connectivity index (χ4n) is 1.00. The Bertz CT molecular complexity index is 399. The highest BCUT2D eigenvalue weighted by molar-refractivity contribution is 5.67. The maximum absolute atomic E-state index is 13.6. The molecule has 0 aliphatic heterocycles. The molecule has 0 bridgehead atoms. The number of hydrogen-bond donors (Lipinski definition) is 3. The number of alkyl carbamates (subject to hydrolysis) is 1. The van der Waals surface area contributed by atoms with Crippen LogP contribution in [0.15, 0.2) is 36.6 Å². The second-order valence-corrected chi connectivity index (χ2v) is 4.93. The fraction of sp³-hybridized carbons (Fsp3) is 0.462. The van der Waals surface area contributed by atoms with Crippen molar-refractivity contribution in [3.05, 3.63) is 36.6 Å². The van der Waals surface area contributed by atoms with E-state index in [1.54, 1.807) is 26.3 Å². The van der Waals surface area contributed by atoms with Crippen LogP contribution in [-0.4, -0.2) is 29.4 Å². The minimum atomic E-state index is -3.30. The van der Waals surface area contributed by atoms with Gasteiger partial charge in [0.05, 0.1) is 6.54 Å². The van der Waals surface area contributed by atoms with Crippen LogP contribution in [-0.2, 0) is 4.74 Å². The van der Waals surface area contributed by atoms with E-state index in [0.717, 1.165) is 12.3 Å². The van der Waals surface area contributed by atoms with Crippen molar-refractivity contribution in [2.24, 2.45) is 0 Å². The molecule has 114 valence electrons. The van der Waals surface area contributed by atoms with Gasteiger partial charge < -0.3 is 10.1 Å². The molecule has 0 atom stereocenters. The normalized spacial score (nSPS) is 12.7. The molecule has 0 heterocycles. The lowest BCUT2D eigenvalue weighted by molar-refractivity contribution is 0.0262. The van der Waals surface area contributed by atoms with Gasteiger partial charge in [0.15, 0.2) is 0 Å². The van der Waals surface area contributed by atoms with Gasteiger partial charge in [-0.15, -0.1) is 0 Å². The zero-order chi connectivity index (χ0) is 15.8. The number of alkyl halides is 2. The monoisotopic (exact) mass is 290 g/mol. The van der Waals surface area contributed by atoms with Crippen molar-refractivity contribution < 1.29 is 23.5 Å². The van der Waals surface area contributed by atoms with E-state index in [1.165, 1.54) is 12.2 Å². The smallest absolute Gasteiger partial charge is 0.407 e. The summed E-state index contributed by atoms with van der Waals surface area (Å²) in [6.45, 7) is 7.22. The van der Waals surface area contributed by atoms with Crippen LogP contribution in [0.5, 0.6) is 0 Å². The molecule has 0 radical (unpaired) electrons. The molecule has 3 N–H and O–H groups in total. The molecular weight excluding hydrogens is 270 g/mol. The molecule has 0 rings (SSSR count). The molecule has 0 aromatic rings. The number of hydroxylamine groups is 1. The molecule has 0 aromatic heterocycles. The number of halogens is 2. The van der Waals surface area contributed by atoms with Gasteiger partial charge in [-0.05, 0) is 26.8 Å². The first-order valence-electron chi connectivity index (χ1n) is 5.85. The van der Waals surface area contributed by atoms with Crippen molar-refractivity contribution in [2.45, 2.75) is 32.3 Å². The number of amides is 1. The van der Waals surface area contributed by atoms with E-state index in [4.69, 9.17) is 9.94 Å². The zero-order valence-corrected chi connectivity index (χ0v) is 11.7. The third kappa shape index (κ3) is 8.25. The summed E-state index contributed by atoms with van der Waals surface area (Å²) in [5, 5.41) is 10.2. The summed E-state index contributed by atoms with van der Waals surface area (Å²) >= 11 is 0. The maximum atomic E-state index is 13.6. The summed E-state index contributed by atoms with van der Waals surface area (Å²) in [5.74, 6) is -3.30. The highest BCUT2D eigenvalue weighted by Gasteiger charge is 2.32. The quantitative estimate of drug-likeness (QED) is 0.519. The van der Waals surface area contributed by atoms with Gasteiger partial charge in [-0.2, -0.15) is 8.78 Å². The predicted octanol–water partition coefficient (Wildman–Crippen LogP) is 2.75. The van der Waals surface area contributed by atoms with Crippen LogP contribution in [0.25, 0.3) is 0 Å². The number of hydrogen-bond acceptors (Lipinski definition) is 4. The van der Waals surface area contributed by atoms with Crippen molar-refractivity contribution in [2.75, 3.05) is 6.54 Å². The van der Waals surface area contributed by atoms with Crippen LogP contribution in [0.3, 0.4) is 0 Å². The summed E-state index contributed by atoms with van der Waals surface area (Å²) in [4.78, 5) is 11.3. The van der Waals surface area contributed by atoms with E-state index in [1.807, 2.05) is 5.32 Å². The van der Waals surface area contributed by atoms with Crippen molar-refractivity contribution in [1.82, 2.24) is 10.8 Å². The number of ether oxygens (including phenoxy) is 1. The van der Waals surface area contributed by atoms with Crippen molar-refractivity contribution in [1.29, 1.82) is 0 Å². The van der Waals surface area contributed by atoms with Gasteiger partial charge in [0, 0.05) is 11.8 Å². The third-order valence-electron chi connectivity index (χ3n) is 1.90. The molecule has 0 unspecified atom stereocenters. The Morgan fingerprint density at radius 2 is 1.95 bits per heavy atom. The maximum Gasteiger partial charge on any atom is 0.407 e. The summed E-state index contributed by atoms with van der Waals surface area (Å²) in [5.41, 5.74) is 0.492. The van der Waals surface area contributed by atoms with Crippen molar-refractivity contribution in [3.8, 4) is 0 Å². The van der Waals surface area contributed by atoms with Crippen LogP contribution < -0.4 is 10.8 Å². The summed E-state index contributed by atoms with van der Waals surface area (Å²) in [6, 6.07) is 0. The first kappa shape index (κ1) is 18.1. The molecular formula is C13H20F2N2O3. The molecule has 1 amide bonds. The van der Waals surface area contributed by atoms with Crippen LogP contribution in [0.1, 0.15) is 20.8 Å². The molecule has 0 saturated heterocycles. The topological polar surface area (TPSA) is 70.6 Å². The van der Waals surface area contributed by atoms with E-state index in [2.05, 4.69) is 6.58 Å². The lowest BCUT2D eigenvalue weighted by Crippen LogP contribution is -2.40. The molecule has 5 nitrogen and oxygen atoms in total. The van der Waals surface area contributed by atoms with Crippen LogP contribution in [0.4, 0.5) is 13.6 Å². The largest absolute Gasteiger partial charge is 0.444 e. The van der Waals surface area contributed by atoms with E-state index in [-0.39, 0.29) is 0 Å². The number of rotatable bonds is 6. The molecule has 7 heteroatoms. The highest BCUT2D eigenvalue weighted by atomic mass is 19.3. The molecule has 0 spiro atoms. The second kappa shape index (κ2) is 7.64. The number of carbonyl (C=O) groups excluding carboxylic acids is 1. The Labute approximate surface area is 117 Å². The van der Waals surface area contributed by atoms with Crippen LogP contribution in [0.2, 0.25) is 0 Å². The summed E-state index contributed by atoms with van der Waals surface area (Å²) in [6.07, 6.45) is 3.87. The molecule has 0 aliphatic carbocycles. The lowest BCUT2D eigenvalue weighted by atomic mass is 10.1. The molecule has 0 aliphatic rings. The molecule has 0 aromatic carbocycles. The van der Waals surface area contributed by atoms with E-state index in [9.17, 15) is 13.6 Å². The van der Waals surface area contributed by atoms with Crippen LogP contribution >= 0.6 is 0 Å². The average molecular weight is 290 g/mol. The standard InChI is InChI=1S/C13H20F2N2O3/c1-10(7-5-6-8-17-19)13(14,15)9-16-11(18)20-12(2,3)4/h5-8,17,19H,1,9H2,2-4H3,(H,16,18)/b7-5-,8-6-. The van der Waals surface area contributed by atoms with E-state index in [0.29, 0.717) is 0 Å². The van der Waals surface area contributed by atoms with Gasteiger partial charge >= 0.3 is 6.09 Å². The van der Waals surface area contributed by atoms with Crippen molar-refractivity contribution in [3.63, 3.8) is 0 Å². The Hall–Kier alpha value is -1.89. The van der Waals surface area contributed by atoms with Gasteiger partial charge in [0.1, 0.15) is 5.60 Å². The van der Waals surface area contributed by atoms with Gasteiger partial charge in [-0.3, -0.25) is 10.7 Å². The average Bonchev–Trinajstić information content (AvgIpc) is 2.30. The summed E-state index contributed by atoms with van der Waals surface area (Å²) in [7, 11) is 0. The van der Waals surface area contributed by atoms with E-state index >= 15 is 0 Å². The van der Waals surface area contributed by atoms with Gasteiger partial charge in [-0.25, -0.2) is 4.79 Å². The first-order valence-corrected chi connectivity index (χ1v) is 5.85. The van der Waals surface area contributed by atoms with Crippen LogP contribution in [0, 0.1) is 0 Å². The minimum Gasteiger partial charge on any atom is -0.444 e. The second-order valence-electron chi connectivity index (χ2n) is 4.93. The Kier molecular flexibility index (Phi) is 6.92. The highest BCUT2D eigenvalue weighted by Crippen LogP contribution is 2.23. The minimum absolute atomic E-state index is 0.476. The van der Waals surface area contributed by atoms with Gasteiger partial charge in [-0.1, -0.05) is 18.7 Å². The SMILES string of the molecule is C=C(/C=C\C=C/NO)C(F)(F)CNC(=O)OC(C)(C)C. The number of allylic oxidation sites excluding steroid dienone is 3. The zero-order valence-electron chi connectivity index (χ0n) is 11.7. The molecule has 0 fully saturated rings. The Morgan fingerprint density at radius 3 is 2.45 bits per heavy atom. The Morgan fingerprint density at radius 1 is 1.35 bits per heavy atom. The Balaban J connectivity index is 4.37. The van der Waals surface area contributed by atoms with Crippen molar-refractivity contribution >= 4 is 6.09 Å². The van der Waals surface area contributed by atoms with Gasteiger partial charge in [0.2, 0.25) is 0 Å².